The summed E-state index contributed by atoms with van der Waals surface area (Å²) in [5, 5.41) is 2.75. The Kier molecular flexibility index (Phi) is 9.95. The molecule has 0 unspecified atom stereocenters. The summed E-state index contributed by atoms with van der Waals surface area (Å²) < 4.78 is 26.9. The van der Waals surface area contributed by atoms with Gasteiger partial charge >= 0.3 is 0 Å². The largest absolute Gasteiger partial charge is 0.497 e. The summed E-state index contributed by atoms with van der Waals surface area (Å²) >= 11 is 0. The molecule has 10 heteroatoms. The van der Waals surface area contributed by atoms with Crippen molar-refractivity contribution in [2.24, 2.45) is 0 Å². The first kappa shape index (κ1) is 25.0. The highest BCUT2D eigenvalue weighted by molar-refractivity contribution is 5.91. The quantitative estimate of drug-likeness (QED) is 0.443. The minimum absolute atomic E-state index is 0.260. The van der Waals surface area contributed by atoms with Crippen LogP contribution in [0.1, 0.15) is 21.9 Å². The number of carbonyl (C=O) groups excluding carboxylic acids is 1. The van der Waals surface area contributed by atoms with Crippen molar-refractivity contribution < 1.29 is 28.2 Å². The van der Waals surface area contributed by atoms with Crippen LogP contribution in [0.5, 0.6) is 11.5 Å². The summed E-state index contributed by atoms with van der Waals surface area (Å²) in [4.78, 5) is 21.2. The summed E-state index contributed by atoms with van der Waals surface area (Å²) in [7, 11) is 4.87. The number of morpholine rings is 1. The van der Waals surface area contributed by atoms with E-state index in [4.69, 9.17) is 23.4 Å². The van der Waals surface area contributed by atoms with Crippen LogP contribution < -0.4 is 14.8 Å². The van der Waals surface area contributed by atoms with E-state index in [0.29, 0.717) is 32.1 Å². The van der Waals surface area contributed by atoms with E-state index in [1.807, 2.05) is 18.2 Å². The van der Waals surface area contributed by atoms with Gasteiger partial charge in [-0.2, -0.15) is 0 Å². The van der Waals surface area contributed by atoms with Crippen LogP contribution in [0.25, 0.3) is 0 Å². The normalized spacial score (nSPS) is 14.4. The van der Waals surface area contributed by atoms with Crippen LogP contribution >= 0.6 is 0 Å². The van der Waals surface area contributed by atoms with Gasteiger partial charge in [0.05, 0.1) is 40.6 Å². The third-order valence-electron chi connectivity index (χ3n) is 5.46. The van der Waals surface area contributed by atoms with Crippen LogP contribution in [0.15, 0.2) is 28.9 Å². The molecule has 2 heterocycles. The second-order valence-corrected chi connectivity index (χ2v) is 7.72. The Bertz CT molecular complexity index is 868. The van der Waals surface area contributed by atoms with E-state index < -0.39 is 0 Å². The minimum Gasteiger partial charge on any atom is -0.497 e. The topological polar surface area (TPSA) is 98.5 Å². The number of nitrogens with zero attached hydrogens (tertiary/aromatic N) is 3. The molecule has 0 spiro atoms. The van der Waals surface area contributed by atoms with Crippen molar-refractivity contribution in [3.63, 3.8) is 0 Å². The maximum Gasteiger partial charge on any atom is 0.273 e. The van der Waals surface area contributed by atoms with E-state index in [-0.39, 0.29) is 11.6 Å². The van der Waals surface area contributed by atoms with Gasteiger partial charge < -0.3 is 28.7 Å². The highest BCUT2D eigenvalue weighted by atomic mass is 16.5. The third-order valence-corrected chi connectivity index (χ3v) is 5.46. The van der Waals surface area contributed by atoms with E-state index in [1.165, 1.54) is 6.26 Å². The summed E-state index contributed by atoms with van der Waals surface area (Å²) in [5.74, 6) is 1.71. The van der Waals surface area contributed by atoms with Gasteiger partial charge in [0.1, 0.15) is 17.8 Å². The van der Waals surface area contributed by atoms with Crippen LogP contribution in [0.4, 0.5) is 0 Å². The number of rotatable bonds is 13. The number of oxazole rings is 1. The fourth-order valence-corrected chi connectivity index (χ4v) is 3.58. The Morgan fingerprint density at radius 2 is 2.00 bits per heavy atom. The second kappa shape index (κ2) is 13.1. The molecule has 1 aliphatic heterocycles. The molecule has 3 rings (SSSR count). The van der Waals surface area contributed by atoms with Gasteiger partial charge in [0.2, 0.25) is 5.89 Å². The molecule has 33 heavy (non-hydrogen) atoms. The summed E-state index contributed by atoms with van der Waals surface area (Å²) in [5.41, 5.74) is 1.29. The monoisotopic (exact) mass is 462 g/mol. The lowest BCUT2D eigenvalue weighted by Gasteiger charge is -2.29. The van der Waals surface area contributed by atoms with E-state index in [0.717, 1.165) is 56.5 Å². The number of methoxy groups -OCH3 is 3. The van der Waals surface area contributed by atoms with Crippen molar-refractivity contribution in [3.05, 3.63) is 41.6 Å². The lowest BCUT2D eigenvalue weighted by atomic mass is 10.1. The van der Waals surface area contributed by atoms with Gasteiger partial charge in [-0.05, 0) is 6.07 Å². The molecule has 182 valence electrons. The first-order chi connectivity index (χ1) is 16.1. The molecule has 1 saturated heterocycles. The van der Waals surface area contributed by atoms with Crippen LogP contribution in [-0.2, 0) is 22.6 Å². The van der Waals surface area contributed by atoms with Crippen molar-refractivity contribution in [2.75, 3.05) is 73.9 Å². The van der Waals surface area contributed by atoms with Crippen LogP contribution in [0, 0.1) is 0 Å². The molecule has 0 atom stereocenters. The number of amides is 1. The molecule has 10 nitrogen and oxygen atoms in total. The molecule has 1 aliphatic rings. The lowest BCUT2D eigenvalue weighted by Crippen LogP contribution is -2.41. The highest BCUT2D eigenvalue weighted by Gasteiger charge is 2.18. The molecule has 2 aromatic rings. The molecule has 1 amide bonds. The predicted octanol–water partition coefficient (Wildman–Crippen LogP) is 1.40. The van der Waals surface area contributed by atoms with Crippen LogP contribution in [0.3, 0.4) is 0 Å². The first-order valence-corrected chi connectivity index (χ1v) is 11.1. The molecule has 0 saturated carbocycles. The smallest absolute Gasteiger partial charge is 0.273 e. The van der Waals surface area contributed by atoms with Gasteiger partial charge in [0, 0.05) is 58.0 Å². The first-order valence-electron chi connectivity index (χ1n) is 11.1. The number of carbonyl (C=O) groups is 1. The van der Waals surface area contributed by atoms with Gasteiger partial charge in [0.25, 0.3) is 5.91 Å². The summed E-state index contributed by atoms with van der Waals surface area (Å²) in [6.07, 6.45) is 1.39. The molecule has 0 bridgehead atoms. The Morgan fingerprint density at radius 3 is 2.73 bits per heavy atom. The molecule has 0 aliphatic carbocycles. The zero-order valence-corrected chi connectivity index (χ0v) is 19.7. The number of benzene rings is 1. The SMILES string of the molecule is COCCNC(=O)c1coc(CN(CCN2CCOCC2)Cc2ccc(OC)cc2OC)n1. The molecule has 1 fully saturated rings. The second-order valence-electron chi connectivity index (χ2n) is 7.72. The fourth-order valence-electron chi connectivity index (χ4n) is 3.58. The molecule has 1 aromatic heterocycles. The van der Waals surface area contributed by atoms with Crippen molar-refractivity contribution in [1.82, 2.24) is 20.1 Å². The lowest BCUT2D eigenvalue weighted by molar-refractivity contribution is 0.0320. The number of aromatic nitrogens is 1. The maximum absolute atomic E-state index is 12.2. The molecule has 1 N–H and O–H groups in total. The van der Waals surface area contributed by atoms with E-state index in [2.05, 4.69) is 20.1 Å². The Labute approximate surface area is 194 Å². The standard InChI is InChI=1S/C23H34N4O6/c1-29-11-6-24-23(28)20-17-33-22(25-20)16-27(8-7-26-9-12-32-13-10-26)15-18-4-5-19(30-2)14-21(18)31-3/h4-5,14,17H,6-13,15-16H2,1-3H3,(H,24,28). The number of nitrogens with one attached hydrogen (secondary N) is 1. The van der Waals surface area contributed by atoms with Gasteiger partial charge in [-0.25, -0.2) is 4.98 Å². The zero-order chi connectivity index (χ0) is 23.5. The van der Waals surface area contributed by atoms with Gasteiger partial charge in [-0.3, -0.25) is 14.6 Å². The molecule has 0 radical (unpaired) electrons. The Hall–Kier alpha value is -2.66. The van der Waals surface area contributed by atoms with Crippen LogP contribution in [0.2, 0.25) is 0 Å². The third kappa shape index (κ3) is 7.71. The van der Waals surface area contributed by atoms with Crippen molar-refractivity contribution >= 4 is 5.91 Å². The maximum atomic E-state index is 12.2. The predicted molar refractivity (Wildman–Crippen MR) is 122 cm³/mol. The average Bonchev–Trinajstić information content (AvgIpc) is 3.32. The highest BCUT2D eigenvalue weighted by Crippen LogP contribution is 2.26. The summed E-state index contributed by atoms with van der Waals surface area (Å²) in [6, 6.07) is 5.80. The number of hydrogen-bond donors (Lipinski definition) is 1. The van der Waals surface area contributed by atoms with Crippen molar-refractivity contribution in [3.8, 4) is 11.5 Å². The van der Waals surface area contributed by atoms with Gasteiger partial charge in [-0.1, -0.05) is 6.07 Å². The minimum atomic E-state index is -0.279. The van der Waals surface area contributed by atoms with Gasteiger partial charge in [0.15, 0.2) is 5.69 Å². The van der Waals surface area contributed by atoms with E-state index in [9.17, 15) is 4.79 Å². The van der Waals surface area contributed by atoms with Crippen molar-refractivity contribution in [2.45, 2.75) is 13.1 Å². The molecular weight excluding hydrogens is 428 g/mol. The number of hydrogen-bond acceptors (Lipinski definition) is 9. The molecule has 1 aromatic carbocycles. The summed E-state index contributed by atoms with van der Waals surface area (Å²) in [6.45, 7) is 7.01. The van der Waals surface area contributed by atoms with E-state index in [1.54, 1.807) is 21.3 Å². The number of ether oxygens (including phenoxy) is 4. The van der Waals surface area contributed by atoms with Crippen LogP contribution in [-0.4, -0.2) is 94.6 Å². The Balaban J connectivity index is 1.68. The fraction of sp³-hybridized carbons (Fsp3) is 0.565. The van der Waals surface area contributed by atoms with E-state index >= 15 is 0 Å². The molecular formula is C23H34N4O6. The Morgan fingerprint density at radius 1 is 1.18 bits per heavy atom. The van der Waals surface area contributed by atoms with Crippen molar-refractivity contribution in [1.29, 1.82) is 0 Å². The van der Waals surface area contributed by atoms with Gasteiger partial charge in [-0.15, -0.1) is 0 Å². The average molecular weight is 463 g/mol. The zero-order valence-electron chi connectivity index (χ0n) is 19.7.